The third-order valence-corrected chi connectivity index (χ3v) is 6.07. The van der Waals surface area contributed by atoms with E-state index in [-0.39, 0.29) is 12.6 Å². The van der Waals surface area contributed by atoms with Crippen molar-refractivity contribution in [3.05, 3.63) is 59.4 Å². The molecule has 1 unspecified atom stereocenters. The Morgan fingerprint density at radius 3 is 2.85 bits per heavy atom. The first-order chi connectivity index (χ1) is 16.6. The number of fused-ring (bicyclic) bond motifs is 1. The number of halogens is 1. The number of hydrogen-bond donors (Lipinski definition) is 3. The van der Waals surface area contributed by atoms with Crippen LogP contribution in [0.25, 0.3) is 11.0 Å². The van der Waals surface area contributed by atoms with Crippen molar-refractivity contribution in [3.8, 4) is 17.4 Å². The zero-order valence-electron chi connectivity index (χ0n) is 18.7. The summed E-state index contributed by atoms with van der Waals surface area (Å²) in [4.78, 5) is 19.2. The lowest BCUT2D eigenvalue weighted by Gasteiger charge is -2.24. The highest BCUT2D eigenvalue weighted by molar-refractivity contribution is 6.32. The van der Waals surface area contributed by atoms with E-state index in [1.807, 2.05) is 24.3 Å². The average molecular weight is 481 g/mol. The van der Waals surface area contributed by atoms with Gasteiger partial charge in [-0.3, -0.25) is 0 Å². The van der Waals surface area contributed by atoms with Gasteiger partial charge in [0.05, 0.1) is 42.4 Å². The molecule has 0 spiro atoms. The van der Waals surface area contributed by atoms with Gasteiger partial charge in [-0.2, -0.15) is 9.97 Å². The highest BCUT2D eigenvalue weighted by Crippen LogP contribution is 2.34. The second kappa shape index (κ2) is 9.74. The van der Waals surface area contributed by atoms with E-state index in [4.69, 9.17) is 26.1 Å². The minimum absolute atomic E-state index is 0.00977. The number of H-pyrrole nitrogens is 1. The molecule has 3 heterocycles. The Bertz CT molecular complexity index is 1260. The van der Waals surface area contributed by atoms with Gasteiger partial charge >= 0.3 is 0 Å². The highest BCUT2D eigenvalue weighted by atomic mass is 35.5. The van der Waals surface area contributed by atoms with Gasteiger partial charge in [0.1, 0.15) is 23.1 Å². The van der Waals surface area contributed by atoms with E-state index in [9.17, 15) is 5.11 Å². The summed E-state index contributed by atoms with van der Waals surface area (Å²) in [7, 11) is 1.58. The molecule has 34 heavy (non-hydrogen) atoms. The molecule has 3 N–H and O–H groups in total. The second-order valence-electron chi connectivity index (χ2n) is 8.01. The second-order valence-corrected chi connectivity index (χ2v) is 8.42. The van der Waals surface area contributed by atoms with Crippen LogP contribution in [0.4, 0.5) is 11.8 Å². The number of aromatic amines is 1. The lowest BCUT2D eigenvalue weighted by molar-refractivity contribution is 0.266. The molecule has 1 aliphatic rings. The average Bonchev–Trinajstić information content (AvgIpc) is 3.50. The van der Waals surface area contributed by atoms with Crippen molar-refractivity contribution in [1.82, 2.24) is 19.9 Å². The fourth-order valence-corrected chi connectivity index (χ4v) is 4.28. The molecule has 176 valence electrons. The minimum atomic E-state index is 0.00977. The first-order valence-corrected chi connectivity index (χ1v) is 11.5. The van der Waals surface area contributed by atoms with Crippen LogP contribution in [-0.4, -0.2) is 51.3 Å². The normalized spacial score (nSPS) is 15.6. The van der Waals surface area contributed by atoms with Gasteiger partial charge in [-0.15, -0.1) is 0 Å². The fourth-order valence-electron chi connectivity index (χ4n) is 4.07. The van der Waals surface area contributed by atoms with Gasteiger partial charge in [0.25, 0.3) is 0 Å². The largest absolute Gasteiger partial charge is 0.497 e. The van der Waals surface area contributed by atoms with Crippen LogP contribution in [0.5, 0.6) is 17.4 Å². The van der Waals surface area contributed by atoms with Gasteiger partial charge in [0.2, 0.25) is 11.8 Å². The summed E-state index contributed by atoms with van der Waals surface area (Å²) in [5, 5.41) is 13.5. The molecule has 2 aromatic heterocycles. The molecule has 2 aromatic carbocycles. The third kappa shape index (κ3) is 4.71. The Hall–Kier alpha value is -3.56. The van der Waals surface area contributed by atoms with Crippen LogP contribution in [0.15, 0.2) is 48.5 Å². The number of rotatable bonds is 8. The molecule has 0 saturated carbocycles. The molecule has 0 bridgehead atoms. The number of anilines is 2. The Morgan fingerprint density at radius 1 is 1.18 bits per heavy atom. The number of aromatic nitrogens is 4. The van der Waals surface area contributed by atoms with E-state index in [2.05, 4.69) is 25.2 Å². The quantitative estimate of drug-likeness (QED) is 0.341. The maximum absolute atomic E-state index is 9.80. The Labute approximate surface area is 201 Å². The summed E-state index contributed by atoms with van der Waals surface area (Å²) in [5.74, 6) is 3.27. The van der Waals surface area contributed by atoms with Gasteiger partial charge in [0, 0.05) is 18.7 Å². The molecule has 0 radical (unpaired) electrons. The van der Waals surface area contributed by atoms with Gasteiger partial charge in [-0.1, -0.05) is 23.7 Å². The predicted octanol–water partition coefficient (Wildman–Crippen LogP) is 4.38. The van der Waals surface area contributed by atoms with Gasteiger partial charge in [-0.05, 0) is 37.1 Å². The van der Waals surface area contributed by atoms with Gasteiger partial charge in [-0.25, -0.2) is 4.98 Å². The van der Waals surface area contributed by atoms with Crippen LogP contribution >= 0.6 is 11.6 Å². The van der Waals surface area contributed by atoms with Crippen LogP contribution in [0.3, 0.4) is 0 Å². The number of methoxy groups -OCH3 is 1. The molecular weight excluding hydrogens is 456 g/mol. The summed E-state index contributed by atoms with van der Waals surface area (Å²) < 4.78 is 11.2. The molecule has 5 rings (SSSR count). The first-order valence-electron chi connectivity index (χ1n) is 11.1. The summed E-state index contributed by atoms with van der Waals surface area (Å²) in [6, 6.07) is 14.8. The van der Waals surface area contributed by atoms with Crippen molar-refractivity contribution >= 4 is 34.4 Å². The molecule has 4 aromatic rings. The van der Waals surface area contributed by atoms with Crippen LogP contribution in [-0.2, 0) is 6.54 Å². The number of nitrogens with one attached hydrogen (secondary N) is 2. The van der Waals surface area contributed by atoms with E-state index in [0.717, 1.165) is 36.2 Å². The molecule has 0 amide bonds. The SMILES string of the molecule is COc1ccc(Oc2cc(N3CCCC3CO)nc(NCc3nc4ccccc4[nH]3)n2)c(Cl)c1. The molecule has 1 aliphatic heterocycles. The molecule has 9 nitrogen and oxygen atoms in total. The molecule has 0 aliphatic carbocycles. The highest BCUT2D eigenvalue weighted by Gasteiger charge is 2.26. The summed E-state index contributed by atoms with van der Waals surface area (Å²) >= 11 is 6.37. The lowest BCUT2D eigenvalue weighted by Crippen LogP contribution is -2.33. The maximum atomic E-state index is 9.80. The van der Waals surface area contributed by atoms with Crippen LogP contribution in [0, 0.1) is 0 Å². The zero-order valence-corrected chi connectivity index (χ0v) is 19.4. The molecule has 1 saturated heterocycles. The van der Waals surface area contributed by atoms with Crippen LogP contribution in [0.2, 0.25) is 5.02 Å². The molecule has 1 atom stereocenters. The number of para-hydroxylation sites is 2. The van der Waals surface area contributed by atoms with Gasteiger partial charge < -0.3 is 29.8 Å². The van der Waals surface area contributed by atoms with Crippen molar-refractivity contribution in [2.45, 2.75) is 25.4 Å². The summed E-state index contributed by atoms with van der Waals surface area (Å²) in [5.41, 5.74) is 1.87. The Morgan fingerprint density at radius 2 is 2.06 bits per heavy atom. The van der Waals surface area contributed by atoms with Crippen LogP contribution < -0.4 is 19.7 Å². The first kappa shape index (κ1) is 22.2. The number of ether oxygens (including phenoxy) is 2. The molecule has 10 heteroatoms. The van der Waals surface area contributed by atoms with Crippen molar-refractivity contribution in [1.29, 1.82) is 0 Å². The van der Waals surface area contributed by atoms with Crippen LogP contribution in [0.1, 0.15) is 18.7 Å². The lowest BCUT2D eigenvalue weighted by atomic mass is 10.2. The van der Waals surface area contributed by atoms with E-state index in [1.54, 1.807) is 31.4 Å². The van der Waals surface area contributed by atoms with Crippen molar-refractivity contribution < 1.29 is 14.6 Å². The van der Waals surface area contributed by atoms with Crippen molar-refractivity contribution in [3.63, 3.8) is 0 Å². The number of aliphatic hydroxyl groups excluding tert-OH is 1. The standard InChI is InChI=1S/C24H25ClN6O3/c1-33-16-8-9-20(17(25)11-16)34-23-12-22(31-10-4-5-15(31)14-32)29-24(30-23)26-13-21-27-18-6-2-3-7-19(18)28-21/h2-3,6-9,11-12,15,32H,4-5,10,13-14H2,1H3,(H,27,28)(H,26,29,30). The van der Waals surface area contributed by atoms with E-state index >= 15 is 0 Å². The van der Waals surface area contributed by atoms with E-state index in [1.165, 1.54) is 0 Å². The molecule has 1 fully saturated rings. The number of imidazole rings is 1. The van der Waals surface area contributed by atoms with Gasteiger partial charge in [0.15, 0.2) is 0 Å². The van der Waals surface area contributed by atoms with E-state index < -0.39 is 0 Å². The van der Waals surface area contributed by atoms with Crippen molar-refractivity contribution in [2.75, 3.05) is 30.5 Å². The Kier molecular flexibility index (Phi) is 6.37. The number of nitrogens with zero attached hydrogens (tertiary/aromatic N) is 4. The summed E-state index contributed by atoms with van der Waals surface area (Å²) in [6.07, 6.45) is 1.89. The maximum Gasteiger partial charge on any atom is 0.228 e. The smallest absolute Gasteiger partial charge is 0.228 e. The topological polar surface area (TPSA) is 108 Å². The predicted molar refractivity (Wildman–Crippen MR) is 131 cm³/mol. The summed E-state index contributed by atoms with van der Waals surface area (Å²) in [6.45, 7) is 1.27. The minimum Gasteiger partial charge on any atom is -0.497 e. The zero-order chi connectivity index (χ0) is 23.5. The third-order valence-electron chi connectivity index (χ3n) is 5.78. The van der Waals surface area contributed by atoms with E-state index in [0.29, 0.717) is 40.7 Å². The fraction of sp³-hybridized carbons (Fsp3) is 0.292. The Balaban J connectivity index is 1.43. The number of hydrogen-bond acceptors (Lipinski definition) is 8. The molecular formula is C24H25ClN6O3. The number of benzene rings is 2. The monoisotopic (exact) mass is 480 g/mol. The number of aliphatic hydroxyl groups is 1. The van der Waals surface area contributed by atoms with Crippen molar-refractivity contribution in [2.24, 2.45) is 0 Å².